The second-order valence-corrected chi connectivity index (χ2v) is 3.04. The minimum absolute atomic E-state index is 0.794. The Morgan fingerprint density at radius 2 is 2.27 bits per heavy atom. The Balaban J connectivity index is 3.12. The maximum Gasteiger partial charge on any atom is 0.0992 e. The van der Waals surface area contributed by atoms with Crippen molar-refractivity contribution < 1.29 is 5.11 Å². The van der Waals surface area contributed by atoms with Crippen LogP contribution in [0.5, 0.6) is 0 Å². The van der Waals surface area contributed by atoms with Gasteiger partial charge in [-0.05, 0) is 26.0 Å². The van der Waals surface area contributed by atoms with Gasteiger partial charge in [-0.2, -0.15) is 0 Å². The predicted octanol–water partition coefficient (Wildman–Crippen LogP) is 1.82. The van der Waals surface area contributed by atoms with E-state index in [9.17, 15) is 5.11 Å². The second-order valence-electron chi connectivity index (χ2n) is 3.04. The smallest absolute Gasteiger partial charge is 0.0992 e. The van der Waals surface area contributed by atoms with Gasteiger partial charge in [-0.15, -0.1) is 0 Å². The molecule has 0 aromatic carbocycles. The number of nitrogens with zero attached hydrogens (tertiary/aromatic N) is 1. The second kappa shape index (κ2) is 2.55. The van der Waals surface area contributed by atoms with E-state index in [1.807, 2.05) is 18.3 Å². The molecule has 0 atom stereocenters. The van der Waals surface area contributed by atoms with Crippen LogP contribution in [0.1, 0.15) is 19.5 Å². The average Bonchev–Trinajstić information content (AvgIpc) is 2.31. The van der Waals surface area contributed by atoms with Crippen LogP contribution in [0.2, 0.25) is 0 Å². The lowest BCUT2D eigenvalue weighted by Gasteiger charge is -2.18. The molecule has 0 fully saturated rings. The maximum absolute atomic E-state index is 9.62. The Morgan fingerprint density at radius 3 is 2.64 bits per heavy atom. The molecule has 0 unspecified atom stereocenters. The SMILES string of the molecule is C=Cn1cccc1C(C)(C)O. The Labute approximate surface area is 66.8 Å². The topological polar surface area (TPSA) is 25.2 Å². The molecule has 0 saturated carbocycles. The van der Waals surface area contributed by atoms with Crippen molar-refractivity contribution in [1.29, 1.82) is 0 Å². The monoisotopic (exact) mass is 151 g/mol. The van der Waals surface area contributed by atoms with Gasteiger partial charge in [0.2, 0.25) is 0 Å². The molecule has 0 aliphatic heterocycles. The first-order chi connectivity index (χ1) is 5.05. The highest BCUT2D eigenvalue weighted by Crippen LogP contribution is 2.19. The lowest BCUT2D eigenvalue weighted by Crippen LogP contribution is -2.18. The zero-order valence-corrected chi connectivity index (χ0v) is 6.91. The molecule has 1 N–H and O–H groups in total. The van der Waals surface area contributed by atoms with Crippen molar-refractivity contribution in [3.63, 3.8) is 0 Å². The lowest BCUT2D eigenvalue weighted by atomic mass is 10.1. The molecule has 0 bridgehead atoms. The van der Waals surface area contributed by atoms with Crippen molar-refractivity contribution in [2.75, 3.05) is 0 Å². The molecule has 0 aliphatic rings. The van der Waals surface area contributed by atoms with E-state index in [4.69, 9.17) is 0 Å². The van der Waals surface area contributed by atoms with Crippen molar-refractivity contribution >= 4 is 6.20 Å². The van der Waals surface area contributed by atoms with E-state index in [2.05, 4.69) is 6.58 Å². The highest BCUT2D eigenvalue weighted by molar-refractivity contribution is 5.27. The number of aliphatic hydroxyl groups is 1. The van der Waals surface area contributed by atoms with Crippen LogP contribution in [0.3, 0.4) is 0 Å². The average molecular weight is 151 g/mol. The molecular formula is C9H13NO. The van der Waals surface area contributed by atoms with Crippen LogP contribution in [0.25, 0.3) is 6.20 Å². The summed E-state index contributed by atoms with van der Waals surface area (Å²) in [7, 11) is 0. The zero-order chi connectivity index (χ0) is 8.48. The molecule has 2 nitrogen and oxygen atoms in total. The molecule has 1 heterocycles. The van der Waals surface area contributed by atoms with Gasteiger partial charge in [0.15, 0.2) is 0 Å². The third-order valence-corrected chi connectivity index (χ3v) is 1.60. The fourth-order valence-corrected chi connectivity index (χ4v) is 1.07. The molecule has 0 amide bonds. The fraction of sp³-hybridized carbons (Fsp3) is 0.333. The van der Waals surface area contributed by atoms with Crippen LogP contribution in [0.4, 0.5) is 0 Å². The molecule has 11 heavy (non-hydrogen) atoms. The van der Waals surface area contributed by atoms with Gasteiger partial charge in [0.25, 0.3) is 0 Å². The molecule has 0 spiro atoms. The first kappa shape index (κ1) is 8.08. The summed E-state index contributed by atoms with van der Waals surface area (Å²) in [5.74, 6) is 0. The predicted molar refractivity (Wildman–Crippen MR) is 46.1 cm³/mol. The molecule has 1 rings (SSSR count). The summed E-state index contributed by atoms with van der Waals surface area (Å²) in [6.07, 6.45) is 3.54. The van der Waals surface area contributed by atoms with Crippen molar-refractivity contribution in [2.24, 2.45) is 0 Å². The normalized spacial score (nSPS) is 11.5. The number of rotatable bonds is 2. The summed E-state index contributed by atoms with van der Waals surface area (Å²) in [6, 6.07) is 3.76. The van der Waals surface area contributed by atoms with Crippen molar-refractivity contribution in [3.05, 3.63) is 30.6 Å². The van der Waals surface area contributed by atoms with E-state index < -0.39 is 5.60 Å². The van der Waals surface area contributed by atoms with E-state index >= 15 is 0 Å². The summed E-state index contributed by atoms with van der Waals surface area (Å²) in [5.41, 5.74) is 0.0602. The van der Waals surface area contributed by atoms with Gasteiger partial charge < -0.3 is 9.67 Å². The molecular weight excluding hydrogens is 138 g/mol. The number of hydrogen-bond donors (Lipinski definition) is 1. The van der Waals surface area contributed by atoms with Crippen LogP contribution in [0.15, 0.2) is 24.9 Å². The Morgan fingerprint density at radius 1 is 1.64 bits per heavy atom. The Hall–Kier alpha value is -1.02. The number of hydrogen-bond acceptors (Lipinski definition) is 1. The summed E-state index contributed by atoms with van der Waals surface area (Å²) in [6.45, 7) is 7.13. The molecule has 0 aliphatic carbocycles. The largest absolute Gasteiger partial charge is 0.384 e. The first-order valence-electron chi connectivity index (χ1n) is 3.58. The van der Waals surface area contributed by atoms with Gasteiger partial charge in [0, 0.05) is 12.4 Å². The van der Waals surface area contributed by atoms with E-state index in [0.717, 1.165) is 5.69 Å². The minimum Gasteiger partial charge on any atom is -0.384 e. The van der Waals surface area contributed by atoms with Gasteiger partial charge in [-0.25, -0.2) is 0 Å². The third-order valence-electron chi connectivity index (χ3n) is 1.60. The van der Waals surface area contributed by atoms with E-state index in [-0.39, 0.29) is 0 Å². The zero-order valence-electron chi connectivity index (χ0n) is 6.91. The number of aromatic nitrogens is 1. The van der Waals surface area contributed by atoms with Crippen LogP contribution >= 0.6 is 0 Å². The van der Waals surface area contributed by atoms with Gasteiger partial charge in [-0.1, -0.05) is 6.58 Å². The van der Waals surface area contributed by atoms with E-state index in [1.165, 1.54) is 0 Å². The van der Waals surface area contributed by atoms with Crippen LogP contribution in [-0.4, -0.2) is 9.67 Å². The van der Waals surface area contributed by atoms with Crippen LogP contribution in [-0.2, 0) is 5.60 Å². The summed E-state index contributed by atoms with van der Waals surface area (Å²) in [5, 5.41) is 9.62. The lowest BCUT2D eigenvalue weighted by molar-refractivity contribution is 0.0726. The Bertz CT molecular complexity index is 255. The van der Waals surface area contributed by atoms with Gasteiger partial charge in [-0.3, -0.25) is 0 Å². The van der Waals surface area contributed by atoms with Crippen molar-refractivity contribution in [1.82, 2.24) is 4.57 Å². The molecule has 0 radical (unpaired) electrons. The van der Waals surface area contributed by atoms with Crippen molar-refractivity contribution in [2.45, 2.75) is 19.4 Å². The minimum atomic E-state index is -0.794. The van der Waals surface area contributed by atoms with E-state index in [0.29, 0.717) is 0 Å². The van der Waals surface area contributed by atoms with Crippen LogP contribution in [0, 0.1) is 0 Å². The fourth-order valence-electron chi connectivity index (χ4n) is 1.07. The quantitative estimate of drug-likeness (QED) is 0.685. The van der Waals surface area contributed by atoms with E-state index in [1.54, 1.807) is 24.6 Å². The third kappa shape index (κ3) is 1.52. The first-order valence-corrected chi connectivity index (χ1v) is 3.58. The summed E-state index contributed by atoms with van der Waals surface area (Å²) >= 11 is 0. The maximum atomic E-state index is 9.62. The van der Waals surface area contributed by atoms with Gasteiger partial charge in [0.1, 0.15) is 0 Å². The van der Waals surface area contributed by atoms with Crippen LogP contribution < -0.4 is 0 Å². The molecule has 1 aromatic heterocycles. The molecule has 60 valence electrons. The van der Waals surface area contributed by atoms with Gasteiger partial charge in [0.05, 0.1) is 11.3 Å². The van der Waals surface area contributed by atoms with Gasteiger partial charge >= 0.3 is 0 Å². The molecule has 1 aromatic rings. The Kier molecular flexibility index (Phi) is 1.87. The molecule has 2 heteroatoms. The standard InChI is InChI=1S/C9H13NO/c1-4-10-7-5-6-8(10)9(2,3)11/h4-7,11H,1H2,2-3H3. The summed E-state index contributed by atoms with van der Waals surface area (Å²) in [4.78, 5) is 0. The van der Waals surface area contributed by atoms with Crippen molar-refractivity contribution in [3.8, 4) is 0 Å². The summed E-state index contributed by atoms with van der Waals surface area (Å²) < 4.78 is 1.81. The highest BCUT2D eigenvalue weighted by Gasteiger charge is 2.18. The highest BCUT2D eigenvalue weighted by atomic mass is 16.3. The molecule has 0 saturated heterocycles.